The van der Waals surface area contributed by atoms with Crippen LogP contribution >= 0.6 is 0 Å². The number of hydrogen-bond acceptors (Lipinski definition) is 5. The van der Waals surface area contributed by atoms with Crippen molar-refractivity contribution in [3.05, 3.63) is 35.9 Å². The molecule has 9 nitrogen and oxygen atoms in total. The summed E-state index contributed by atoms with van der Waals surface area (Å²) in [6.45, 7) is 7.90. The van der Waals surface area contributed by atoms with Crippen LogP contribution in [0.1, 0.15) is 64.9 Å². The standard InChI is InChI=1S/C27H38N4O5/c1-26(2,3)36-25(34)29-13-11-27(12-14-29)15-20(16-27)28-23(32)22-10-9-21-17-30(22)24(33)31(21)35-18-19-7-5-4-6-8-19/h4-8,20-22H,9-18H2,1-3H3,(H,28,32)/t21-,22?/m1/s1. The van der Waals surface area contributed by atoms with Gasteiger partial charge in [-0.3, -0.25) is 9.63 Å². The van der Waals surface area contributed by atoms with Crippen molar-refractivity contribution < 1.29 is 24.0 Å². The molecular formula is C27H38N4O5. The summed E-state index contributed by atoms with van der Waals surface area (Å²) < 4.78 is 5.50. The van der Waals surface area contributed by atoms with Gasteiger partial charge in [-0.2, -0.15) is 5.06 Å². The van der Waals surface area contributed by atoms with Crippen LogP contribution in [0.4, 0.5) is 9.59 Å². The maximum absolute atomic E-state index is 13.1. The van der Waals surface area contributed by atoms with E-state index in [-0.39, 0.29) is 35.5 Å². The van der Waals surface area contributed by atoms with Crippen LogP contribution in [0.25, 0.3) is 0 Å². The Balaban J connectivity index is 1.08. The van der Waals surface area contributed by atoms with E-state index < -0.39 is 11.6 Å². The summed E-state index contributed by atoms with van der Waals surface area (Å²) >= 11 is 0. The number of piperidine rings is 2. The molecule has 1 saturated carbocycles. The van der Waals surface area contributed by atoms with E-state index in [1.165, 1.54) is 5.06 Å². The van der Waals surface area contributed by atoms with E-state index >= 15 is 0 Å². The van der Waals surface area contributed by atoms with Gasteiger partial charge in [0.2, 0.25) is 5.91 Å². The van der Waals surface area contributed by atoms with Gasteiger partial charge in [0.1, 0.15) is 18.2 Å². The van der Waals surface area contributed by atoms with E-state index in [0.717, 1.165) is 37.7 Å². The van der Waals surface area contributed by atoms with Gasteiger partial charge in [-0.25, -0.2) is 9.59 Å². The van der Waals surface area contributed by atoms with Crippen LogP contribution < -0.4 is 5.32 Å². The second kappa shape index (κ2) is 9.57. The molecule has 5 rings (SSSR count). The van der Waals surface area contributed by atoms with Gasteiger partial charge in [-0.15, -0.1) is 0 Å². The van der Waals surface area contributed by atoms with Crippen molar-refractivity contribution in [2.24, 2.45) is 5.41 Å². The lowest BCUT2D eigenvalue weighted by atomic mass is 9.60. The highest BCUT2D eigenvalue weighted by Crippen LogP contribution is 2.49. The Morgan fingerprint density at radius 1 is 1.08 bits per heavy atom. The Kier molecular flexibility index (Phi) is 6.61. The van der Waals surface area contributed by atoms with E-state index in [0.29, 0.717) is 32.7 Å². The Hall–Kier alpha value is -2.81. The van der Waals surface area contributed by atoms with Crippen LogP contribution in [0.2, 0.25) is 0 Å². The molecule has 3 heterocycles. The van der Waals surface area contributed by atoms with E-state index in [1.54, 1.807) is 9.80 Å². The first-order chi connectivity index (χ1) is 17.1. The van der Waals surface area contributed by atoms with Gasteiger partial charge < -0.3 is 19.9 Å². The van der Waals surface area contributed by atoms with Gasteiger partial charge in [0.25, 0.3) is 0 Å². The van der Waals surface area contributed by atoms with Gasteiger partial charge in [0.15, 0.2) is 0 Å². The summed E-state index contributed by atoms with van der Waals surface area (Å²) in [7, 11) is 0. The summed E-state index contributed by atoms with van der Waals surface area (Å²) in [6.07, 6.45) is 4.88. The number of nitrogens with zero attached hydrogens (tertiary/aromatic N) is 3. The number of hydrogen-bond donors (Lipinski definition) is 1. The molecular weight excluding hydrogens is 460 g/mol. The minimum atomic E-state index is -0.487. The number of benzene rings is 1. The molecule has 196 valence electrons. The number of ether oxygens (including phenoxy) is 1. The molecule has 1 aliphatic carbocycles. The smallest absolute Gasteiger partial charge is 0.410 e. The van der Waals surface area contributed by atoms with E-state index in [4.69, 9.17) is 9.57 Å². The van der Waals surface area contributed by atoms with Crippen molar-refractivity contribution in [2.75, 3.05) is 19.6 Å². The average Bonchev–Trinajstić information content (AvgIpc) is 3.05. The maximum atomic E-state index is 13.1. The molecule has 4 fully saturated rings. The van der Waals surface area contributed by atoms with E-state index in [1.807, 2.05) is 51.1 Å². The third-order valence-corrected chi connectivity index (χ3v) is 8.02. The normalized spacial score (nSPS) is 25.6. The van der Waals surface area contributed by atoms with Crippen LogP contribution in [-0.4, -0.2) is 76.3 Å². The molecule has 4 amide bonds. The minimum Gasteiger partial charge on any atom is -0.444 e. The number of rotatable bonds is 5. The molecule has 2 bridgehead atoms. The van der Waals surface area contributed by atoms with Crippen LogP contribution in [0.5, 0.6) is 0 Å². The predicted molar refractivity (Wildman–Crippen MR) is 133 cm³/mol. The van der Waals surface area contributed by atoms with Gasteiger partial charge in [0, 0.05) is 25.7 Å². The van der Waals surface area contributed by atoms with Crippen molar-refractivity contribution in [3.8, 4) is 0 Å². The fraction of sp³-hybridized carbons (Fsp3) is 0.667. The molecule has 1 aromatic rings. The summed E-state index contributed by atoms with van der Waals surface area (Å²) in [5.74, 6) is -0.0576. The molecule has 3 aliphatic heterocycles. The lowest BCUT2D eigenvalue weighted by Crippen LogP contribution is -2.59. The lowest BCUT2D eigenvalue weighted by Gasteiger charge is -2.52. The number of carbonyl (C=O) groups is 3. The Labute approximate surface area is 213 Å². The van der Waals surface area contributed by atoms with Crippen LogP contribution in [0.3, 0.4) is 0 Å². The first kappa shape index (κ1) is 24.9. The van der Waals surface area contributed by atoms with Crippen LogP contribution in [0, 0.1) is 5.41 Å². The van der Waals surface area contributed by atoms with E-state index in [2.05, 4.69) is 5.32 Å². The van der Waals surface area contributed by atoms with Crippen molar-refractivity contribution in [1.29, 1.82) is 0 Å². The van der Waals surface area contributed by atoms with Crippen LogP contribution in [-0.2, 0) is 21.0 Å². The molecule has 0 radical (unpaired) electrons. The fourth-order valence-electron chi connectivity index (χ4n) is 6.07. The molecule has 2 atom stereocenters. The van der Waals surface area contributed by atoms with Gasteiger partial charge in [0.05, 0.1) is 6.04 Å². The second-order valence-electron chi connectivity index (χ2n) is 11.8. The average molecular weight is 499 g/mol. The molecule has 1 aromatic carbocycles. The van der Waals surface area contributed by atoms with Crippen LogP contribution in [0.15, 0.2) is 30.3 Å². The van der Waals surface area contributed by atoms with Crippen molar-refractivity contribution in [2.45, 2.75) is 89.6 Å². The fourth-order valence-corrected chi connectivity index (χ4v) is 6.07. The topological polar surface area (TPSA) is 91.4 Å². The Morgan fingerprint density at radius 3 is 2.44 bits per heavy atom. The number of carbonyl (C=O) groups excluding carboxylic acids is 3. The molecule has 1 unspecified atom stereocenters. The number of nitrogens with one attached hydrogen (secondary N) is 1. The molecule has 0 aromatic heterocycles. The van der Waals surface area contributed by atoms with Gasteiger partial charge in [-0.05, 0) is 70.3 Å². The summed E-state index contributed by atoms with van der Waals surface area (Å²) in [5, 5.41) is 4.67. The highest BCUT2D eigenvalue weighted by atomic mass is 16.7. The third kappa shape index (κ3) is 5.16. The Bertz CT molecular complexity index is 978. The second-order valence-corrected chi connectivity index (χ2v) is 11.8. The number of hydroxylamine groups is 2. The van der Waals surface area contributed by atoms with Gasteiger partial charge in [-0.1, -0.05) is 30.3 Å². The molecule has 3 saturated heterocycles. The Morgan fingerprint density at radius 2 is 1.78 bits per heavy atom. The zero-order valence-corrected chi connectivity index (χ0v) is 21.6. The zero-order valence-electron chi connectivity index (χ0n) is 21.6. The largest absolute Gasteiger partial charge is 0.444 e. The summed E-state index contributed by atoms with van der Waals surface area (Å²) in [4.78, 5) is 47.8. The molecule has 9 heteroatoms. The zero-order chi connectivity index (χ0) is 25.5. The molecule has 1 spiro atoms. The minimum absolute atomic E-state index is 0.00704. The SMILES string of the molecule is CC(C)(C)OC(=O)N1CCC2(CC1)CC(NC(=O)C1CC[C@@H]3CN1C(=O)N3OCc1ccccc1)C2. The molecule has 1 N–H and O–H groups in total. The highest BCUT2D eigenvalue weighted by molar-refractivity contribution is 5.88. The number of fused-ring (bicyclic) bond motifs is 2. The number of urea groups is 1. The number of likely N-dealkylation sites (tertiary alicyclic amines) is 1. The van der Waals surface area contributed by atoms with Crippen molar-refractivity contribution in [3.63, 3.8) is 0 Å². The summed E-state index contributed by atoms with van der Waals surface area (Å²) in [6, 6.07) is 9.25. The molecule has 4 aliphatic rings. The maximum Gasteiger partial charge on any atom is 0.410 e. The first-order valence-electron chi connectivity index (χ1n) is 13.2. The monoisotopic (exact) mass is 498 g/mol. The molecule has 36 heavy (non-hydrogen) atoms. The van der Waals surface area contributed by atoms with E-state index in [9.17, 15) is 14.4 Å². The predicted octanol–water partition coefficient (Wildman–Crippen LogP) is 3.68. The van der Waals surface area contributed by atoms with Crippen molar-refractivity contribution in [1.82, 2.24) is 20.2 Å². The number of amides is 4. The lowest BCUT2D eigenvalue weighted by molar-refractivity contribution is -0.140. The van der Waals surface area contributed by atoms with Crippen molar-refractivity contribution >= 4 is 18.0 Å². The quantitative estimate of drug-likeness (QED) is 0.669. The summed E-state index contributed by atoms with van der Waals surface area (Å²) in [5.41, 5.74) is 0.713. The third-order valence-electron chi connectivity index (χ3n) is 8.02. The first-order valence-corrected chi connectivity index (χ1v) is 13.2. The van der Waals surface area contributed by atoms with Gasteiger partial charge >= 0.3 is 12.1 Å². The highest BCUT2D eigenvalue weighted by Gasteiger charge is 2.51.